The van der Waals surface area contributed by atoms with Gasteiger partial charge in [-0.15, -0.1) is 0 Å². The van der Waals surface area contributed by atoms with Crippen molar-refractivity contribution in [2.75, 3.05) is 6.61 Å². The van der Waals surface area contributed by atoms with Gasteiger partial charge >= 0.3 is 0 Å². The van der Waals surface area contributed by atoms with Gasteiger partial charge in [-0.05, 0) is 61.0 Å². The van der Waals surface area contributed by atoms with E-state index < -0.39 is 0 Å². The van der Waals surface area contributed by atoms with Crippen LogP contribution in [0.25, 0.3) is 5.70 Å². The van der Waals surface area contributed by atoms with E-state index in [4.69, 9.17) is 9.47 Å². The molecule has 2 aromatic carbocycles. The zero-order valence-electron chi connectivity index (χ0n) is 16.2. The Kier molecular flexibility index (Phi) is 6.84. The van der Waals surface area contributed by atoms with Crippen LogP contribution in [0, 0.1) is 0 Å². The Labute approximate surface area is 170 Å². The summed E-state index contributed by atoms with van der Waals surface area (Å²) in [5.74, 6) is 1.32. The number of benzene rings is 2. The molecule has 6 heteroatoms. The van der Waals surface area contributed by atoms with E-state index in [1.54, 1.807) is 30.6 Å². The lowest BCUT2D eigenvalue weighted by atomic mass is 10.1. The third-order valence-electron chi connectivity index (χ3n) is 4.09. The highest BCUT2D eigenvalue weighted by molar-refractivity contribution is 5.94. The van der Waals surface area contributed by atoms with Gasteiger partial charge in [-0.25, -0.2) is 0 Å². The molecule has 0 atom stereocenters. The lowest BCUT2D eigenvalue weighted by Gasteiger charge is -2.11. The third-order valence-corrected chi connectivity index (χ3v) is 4.09. The van der Waals surface area contributed by atoms with Gasteiger partial charge in [0.25, 0.3) is 5.91 Å². The van der Waals surface area contributed by atoms with Crippen LogP contribution in [0.1, 0.15) is 28.4 Å². The van der Waals surface area contributed by atoms with E-state index in [-0.39, 0.29) is 5.91 Å². The molecule has 0 fully saturated rings. The molecule has 3 rings (SSSR count). The lowest BCUT2D eigenvalue weighted by Crippen LogP contribution is -2.35. The minimum absolute atomic E-state index is 0.256. The van der Waals surface area contributed by atoms with E-state index in [0.29, 0.717) is 24.5 Å². The molecular weight excluding hydrogens is 366 g/mol. The lowest BCUT2D eigenvalue weighted by molar-refractivity contribution is 0.0942. The van der Waals surface area contributed by atoms with Crippen LogP contribution in [0.15, 0.2) is 79.6 Å². The maximum Gasteiger partial charge on any atom is 0.269 e. The summed E-state index contributed by atoms with van der Waals surface area (Å²) < 4.78 is 11.2. The molecule has 1 aromatic heterocycles. The molecule has 148 valence electrons. The number of pyridine rings is 1. The highest BCUT2D eigenvalue weighted by Gasteiger charge is 2.06. The van der Waals surface area contributed by atoms with Gasteiger partial charge in [0.2, 0.25) is 0 Å². The number of aromatic nitrogens is 1. The predicted molar refractivity (Wildman–Crippen MR) is 112 cm³/mol. The van der Waals surface area contributed by atoms with Crippen molar-refractivity contribution in [3.8, 4) is 11.5 Å². The maximum atomic E-state index is 12.3. The smallest absolute Gasteiger partial charge is 0.269 e. The summed E-state index contributed by atoms with van der Waals surface area (Å²) in [6, 6.07) is 18.4. The van der Waals surface area contributed by atoms with Crippen molar-refractivity contribution in [2.24, 2.45) is 0 Å². The SMILES string of the molecule is C=C(NNC(=O)c1ccc(COc2ccc(OCC)cc2)cc1)c1cccnc1. The van der Waals surface area contributed by atoms with Crippen LogP contribution in [-0.2, 0) is 6.61 Å². The molecule has 3 aromatic rings. The molecule has 2 N–H and O–H groups in total. The molecule has 0 radical (unpaired) electrons. The molecule has 1 heterocycles. The van der Waals surface area contributed by atoms with Gasteiger partial charge in [0.15, 0.2) is 0 Å². The van der Waals surface area contributed by atoms with Crippen molar-refractivity contribution in [3.05, 3.63) is 96.3 Å². The van der Waals surface area contributed by atoms with Crippen LogP contribution in [0.2, 0.25) is 0 Å². The van der Waals surface area contributed by atoms with Gasteiger partial charge in [0.1, 0.15) is 18.1 Å². The summed E-state index contributed by atoms with van der Waals surface area (Å²) in [4.78, 5) is 16.3. The number of hydrogen-bond acceptors (Lipinski definition) is 5. The van der Waals surface area contributed by atoms with Gasteiger partial charge in [0.05, 0.1) is 12.3 Å². The molecule has 0 aliphatic heterocycles. The molecule has 0 bridgehead atoms. The second kappa shape index (κ2) is 9.94. The van der Waals surface area contributed by atoms with Gasteiger partial charge in [-0.1, -0.05) is 18.7 Å². The largest absolute Gasteiger partial charge is 0.494 e. The summed E-state index contributed by atoms with van der Waals surface area (Å²) in [6.07, 6.45) is 3.34. The Bertz CT molecular complexity index is 939. The summed E-state index contributed by atoms with van der Waals surface area (Å²) in [6.45, 7) is 6.87. The first-order valence-electron chi connectivity index (χ1n) is 9.26. The average Bonchev–Trinajstić information content (AvgIpc) is 2.78. The quantitative estimate of drug-likeness (QED) is 0.542. The van der Waals surface area contributed by atoms with Crippen molar-refractivity contribution >= 4 is 11.6 Å². The van der Waals surface area contributed by atoms with Crippen LogP contribution in [-0.4, -0.2) is 17.5 Å². The van der Waals surface area contributed by atoms with Crippen molar-refractivity contribution in [1.82, 2.24) is 15.8 Å². The third kappa shape index (κ3) is 5.84. The topological polar surface area (TPSA) is 72.5 Å². The second-order valence-corrected chi connectivity index (χ2v) is 6.19. The van der Waals surface area contributed by atoms with E-state index in [0.717, 1.165) is 22.6 Å². The Morgan fingerprint density at radius 2 is 1.62 bits per heavy atom. The Morgan fingerprint density at radius 3 is 2.24 bits per heavy atom. The number of ether oxygens (including phenoxy) is 2. The number of rotatable bonds is 9. The van der Waals surface area contributed by atoms with Gasteiger partial charge < -0.3 is 9.47 Å². The number of nitrogens with one attached hydrogen (secondary N) is 2. The van der Waals surface area contributed by atoms with Crippen LogP contribution in [0.5, 0.6) is 11.5 Å². The predicted octanol–water partition coefficient (Wildman–Crippen LogP) is 3.96. The molecule has 6 nitrogen and oxygen atoms in total. The first kappa shape index (κ1) is 19.9. The van der Waals surface area contributed by atoms with Gasteiger partial charge in [-0.2, -0.15) is 0 Å². The standard InChI is InChI=1S/C23H23N3O3/c1-3-28-21-10-12-22(13-11-21)29-16-18-6-8-19(9-7-18)23(27)26-25-17(2)20-5-4-14-24-15-20/h4-15,25H,2-3,16H2,1H3,(H,26,27). The first-order valence-corrected chi connectivity index (χ1v) is 9.26. The molecule has 0 saturated heterocycles. The summed E-state index contributed by atoms with van der Waals surface area (Å²) in [7, 11) is 0. The van der Waals surface area contributed by atoms with Crippen molar-refractivity contribution in [2.45, 2.75) is 13.5 Å². The molecular formula is C23H23N3O3. The van der Waals surface area contributed by atoms with E-state index >= 15 is 0 Å². The molecule has 29 heavy (non-hydrogen) atoms. The number of hydrazine groups is 1. The van der Waals surface area contributed by atoms with Gasteiger partial charge in [-0.3, -0.25) is 20.6 Å². The zero-order valence-corrected chi connectivity index (χ0v) is 16.2. The fraction of sp³-hybridized carbons (Fsp3) is 0.130. The van der Waals surface area contributed by atoms with Crippen LogP contribution in [0.3, 0.4) is 0 Å². The van der Waals surface area contributed by atoms with Crippen molar-refractivity contribution < 1.29 is 14.3 Å². The Morgan fingerprint density at radius 1 is 0.931 bits per heavy atom. The first-order chi connectivity index (χ1) is 14.2. The highest BCUT2D eigenvalue weighted by Crippen LogP contribution is 2.18. The molecule has 1 amide bonds. The maximum absolute atomic E-state index is 12.3. The van der Waals surface area contributed by atoms with E-state index in [1.165, 1.54) is 0 Å². The molecule has 0 saturated carbocycles. The number of nitrogens with zero attached hydrogens (tertiary/aromatic N) is 1. The van der Waals surface area contributed by atoms with Crippen LogP contribution < -0.4 is 20.3 Å². The second-order valence-electron chi connectivity index (χ2n) is 6.19. The highest BCUT2D eigenvalue weighted by atomic mass is 16.5. The van der Waals surface area contributed by atoms with E-state index in [9.17, 15) is 4.79 Å². The minimum atomic E-state index is -0.256. The Hall–Kier alpha value is -3.80. The van der Waals surface area contributed by atoms with Crippen LogP contribution >= 0.6 is 0 Å². The van der Waals surface area contributed by atoms with E-state index in [1.807, 2.05) is 49.4 Å². The normalized spacial score (nSPS) is 10.1. The fourth-order valence-electron chi connectivity index (χ4n) is 2.54. The molecule has 0 aliphatic rings. The number of hydrogen-bond donors (Lipinski definition) is 2. The summed E-state index contributed by atoms with van der Waals surface area (Å²) in [5.41, 5.74) is 8.29. The molecule has 0 unspecified atom stereocenters. The minimum Gasteiger partial charge on any atom is -0.494 e. The number of carbonyl (C=O) groups excluding carboxylic acids is 1. The summed E-state index contributed by atoms with van der Waals surface area (Å²) >= 11 is 0. The van der Waals surface area contributed by atoms with Crippen molar-refractivity contribution in [3.63, 3.8) is 0 Å². The fourth-order valence-corrected chi connectivity index (χ4v) is 2.54. The molecule has 0 spiro atoms. The summed E-state index contributed by atoms with van der Waals surface area (Å²) in [5, 5.41) is 0. The number of carbonyl (C=O) groups is 1. The van der Waals surface area contributed by atoms with Crippen LogP contribution in [0.4, 0.5) is 0 Å². The number of amides is 1. The van der Waals surface area contributed by atoms with Gasteiger partial charge in [0, 0.05) is 23.5 Å². The zero-order chi connectivity index (χ0) is 20.5. The monoisotopic (exact) mass is 389 g/mol. The Balaban J connectivity index is 1.48. The van der Waals surface area contributed by atoms with E-state index in [2.05, 4.69) is 22.4 Å². The van der Waals surface area contributed by atoms with Crippen molar-refractivity contribution in [1.29, 1.82) is 0 Å². The molecule has 0 aliphatic carbocycles. The average molecular weight is 389 g/mol.